The Morgan fingerprint density at radius 2 is 1.07 bits per heavy atom. The molecule has 0 heterocycles. The number of Topliss-reactive ketones (excluding diaryl/α,β-unsaturated/α-hetero) is 1. The number of esters is 3. The predicted molar refractivity (Wildman–Crippen MR) is 350 cm³/mol. The van der Waals surface area contributed by atoms with Crippen LogP contribution in [0.3, 0.4) is 0 Å². The molecule has 0 amide bonds. The van der Waals surface area contributed by atoms with Gasteiger partial charge in [-0.3, -0.25) is 19.2 Å². The summed E-state index contributed by atoms with van der Waals surface area (Å²) >= 11 is 0. The van der Waals surface area contributed by atoms with Gasteiger partial charge in [-0.1, -0.05) is 202 Å². The summed E-state index contributed by atoms with van der Waals surface area (Å²) in [5.74, 6) is -1.73. The van der Waals surface area contributed by atoms with E-state index in [1.807, 2.05) is 27.7 Å². The molecule has 9 atom stereocenters. The van der Waals surface area contributed by atoms with Gasteiger partial charge in [-0.2, -0.15) is 0 Å². The molecular weight excluding hydrogens is 1060 g/mol. The number of carbonyl (C=O) groups is 4. The molecule has 11 heteroatoms. The molecule has 0 aromatic rings. The van der Waals surface area contributed by atoms with E-state index in [0.29, 0.717) is 70.9 Å². The molecule has 11 nitrogen and oxygen atoms in total. The molecule has 0 radical (unpaired) electrons. The van der Waals surface area contributed by atoms with E-state index in [2.05, 4.69) is 125 Å². The van der Waals surface area contributed by atoms with Crippen molar-refractivity contribution in [3.63, 3.8) is 0 Å². The summed E-state index contributed by atoms with van der Waals surface area (Å²) in [6.07, 6.45) is 23.3. The van der Waals surface area contributed by atoms with Gasteiger partial charge in [0.1, 0.15) is 31.5 Å². The highest BCUT2D eigenvalue weighted by Gasteiger charge is 2.64. The van der Waals surface area contributed by atoms with Gasteiger partial charge in [-0.15, -0.1) is 0 Å². The summed E-state index contributed by atoms with van der Waals surface area (Å²) in [5, 5.41) is 24.6. The Labute approximate surface area is 523 Å². The molecule has 2 rings (SSSR count). The minimum Gasteiger partial charge on any atom is -0.462 e. The largest absolute Gasteiger partial charge is 0.462 e. The fourth-order valence-corrected chi connectivity index (χ4v) is 15.7. The Hall–Kier alpha value is -2.08. The Balaban J connectivity index is 2.72. The molecule has 2 N–H and O–H groups in total. The Morgan fingerprint density at radius 3 is 1.52 bits per heavy atom. The van der Waals surface area contributed by atoms with Gasteiger partial charge in [-0.25, -0.2) is 0 Å². The summed E-state index contributed by atoms with van der Waals surface area (Å²) in [4.78, 5) is 54.4. The number of ether oxygens (including phenoxy) is 5. The normalized spacial score (nSPS) is 21.8. The first kappa shape index (κ1) is 79.0. The minimum absolute atomic E-state index is 0.0414. The summed E-state index contributed by atoms with van der Waals surface area (Å²) in [6, 6.07) is 0. The van der Waals surface area contributed by atoms with Crippen LogP contribution in [0.2, 0.25) is 0 Å². The molecule has 2 aliphatic carbocycles. The van der Waals surface area contributed by atoms with E-state index in [4.69, 9.17) is 23.7 Å². The summed E-state index contributed by atoms with van der Waals surface area (Å²) in [6.45, 7) is 51.4. The van der Waals surface area contributed by atoms with Crippen molar-refractivity contribution in [3.8, 4) is 0 Å². The van der Waals surface area contributed by atoms with Gasteiger partial charge in [0.2, 0.25) is 0 Å². The van der Waals surface area contributed by atoms with Crippen LogP contribution in [0.25, 0.3) is 0 Å². The van der Waals surface area contributed by atoms with Crippen LogP contribution in [0.5, 0.6) is 0 Å². The van der Waals surface area contributed by atoms with Gasteiger partial charge in [0, 0.05) is 25.2 Å². The third-order valence-electron chi connectivity index (χ3n) is 23.9. The van der Waals surface area contributed by atoms with Crippen LogP contribution in [0, 0.1) is 72.4 Å². The van der Waals surface area contributed by atoms with Crippen LogP contribution in [0.15, 0.2) is 0 Å². The molecular formula is C74H138O11. The molecule has 2 saturated carbocycles. The zero-order chi connectivity index (χ0) is 65.2. The van der Waals surface area contributed by atoms with Gasteiger partial charge in [0.25, 0.3) is 0 Å². The van der Waals surface area contributed by atoms with Crippen LogP contribution in [-0.2, 0) is 42.9 Å². The SMILES string of the molecule is CCCCCCCCCCOCC(CC(C)(O)C(C)(C)C(COCCCCCCCC)CC(C)(C)O)C(C)(C)CC(C)(C)CC(C(=O)OC1CC2CCC1(C)C2(C)C)C(C)(CC)C(C)(C)CC(C)(C(=O)OCCOC(=O)CC(C)=O)C(C)(C)CC. The van der Waals surface area contributed by atoms with E-state index in [1.54, 1.807) is 0 Å². The monoisotopic (exact) mass is 1200 g/mol. The molecule has 0 aromatic carbocycles. The highest BCUT2D eigenvalue weighted by Crippen LogP contribution is 2.67. The molecule has 85 heavy (non-hydrogen) atoms. The standard InChI is InChI=1S/C74H138O11/c1-24-28-30-32-34-35-37-39-42-81-51-57(49-74(23,80)70(18,19)58(48-68(14,15)79)52-82-43-38-36-33-31-29-25-2)65(8,9)53-64(6,7)50-59(62(77)85-60-47-56-40-41-72(60,21)69(56,16)17)71(20,27-4)67(12,13)54-73(22,66(10,11)26-3)63(78)84-45-44-83-61(76)46-55(5)75/h56-60,79-80H,24-54H2,1-23H3. The van der Waals surface area contributed by atoms with E-state index in [1.165, 1.54) is 71.1 Å². The average molecular weight is 1200 g/mol. The van der Waals surface area contributed by atoms with Crippen molar-refractivity contribution >= 4 is 23.7 Å². The summed E-state index contributed by atoms with van der Waals surface area (Å²) in [5.41, 5.74) is -6.54. The van der Waals surface area contributed by atoms with Gasteiger partial charge in [0.05, 0.1) is 29.1 Å². The molecule has 0 aromatic heterocycles. The second kappa shape index (κ2) is 33.3. The number of rotatable bonds is 46. The van der Waals surface area contributed by atoms with Gasteiger partial charge in [0.15, 0.2) is 0 Å². The van der Waals surface area contributed by atoms with Crippen LogP contribution >= 0.6 is 0 Å². The molecule has 2 bridgehead atoms. The maximum Gasteiger partial charge on any atom is 0.313 e. The van der Waals surface area contributed by atoms with Crippen molar-refractivity contribution in [1.29, 1.82) is 0 Å². The molecule has 500 valence electrons. The topological polar surface area (TPSA) is 155 Å². The maximum atomic E-state index is 15.9. The highest BCUT2D eigenvalue weighted by molar-refractivity contribution is 5.94. The summed E-state index contributed by atoms with van der Waals surface area (Å²) < 4.78 is 31.6. The van der Waals surface area contributed by atoms with E-state index < -0.39 is 55.6 Å². The van der Waals surface area contributed by atoms with Crippen molar-refractivity contribution in [1.82, 2.24) is 0 Å². The Kier molecular flexibility index (Phi) is 31.0. The van der Waals surface area contributed by atoms with E-state index in [0.717, 1.165) is 51.4 Å². The Bertz CT molecular complexity index is 2010. The lowest BCUT2D eigenvalue weighted by Crippen LogP contribution is -2.54. The van der Waals surface area contributed by atoms with Gasteiger partial charge >= 0.3 is 17.9 Å². The van der Waals surface area contributed by atoms with Gasteiger partial charge in [-0.05, 0) is 167 Å². The predicted octanol–water partition coefficient (Wildman–Crippen LogP) is 18.6. The molecule has 2 fully saturated rings. The van der Waals surface area contributed by atoms with Crippen molar-refractivity contribution in [2.24, 2.45) is 72.4 Å². The lowest BCUT2D eigenvalue weighted by molar-refractivity contribution is -0.181. The molecule has 9 unspecified atom stereocenters. The first-order chi connectivity index (χ1) is 39.0. The lowest BCUT2D eigenvalue weighted by Gasteiger charge is -2.55. The summed E-state index contributed by atoms with van der Waals surface area (Å²) in [7, 11) is 0. The molecule has 2 aliphatic rings. The fourth-order valence-electron chi connectivity index (χ4n) is 15.7. The number of fused-ring (bicyclic) bond motifs is 2. The first-order valence-electron chi connectivity index (χ1n) is 34.7. The number of hydrogen-bond donors (Lipinski definition) is 2. The third kappa shape index (κ3) is 22.1. The zero-order valence-electron chi connectivity index (χ0n) is 59.9. The zero-order valence-corrected chi connectivity index (χ0v) is 59.9. The number of carbonyl (C=O) groups excluding carboxylic acids is 4. The average Bonchev–Trinajstić information content (AvgIpc) is 1.90. The van der Waals surface area contributed by atoms with Crippen molar-refractivity contribution in [3.05, 3.63) is 0 Å². The fraction of sp³-hybridized carbons (Fsp3) is 0.946. The van der Waals surface area contributed by atoms with E-state index in [9.17, 15) is 24.6 Å². The maximum absolute atomic E-state index is 15.9. The van der Waals surface area contributed by atoms with Crippen molar-refractivity contribution in [2.45, 2.75) is 337 Å². The van der Waals surface area contributed by atoms with Crippen LogP contribution in [-0.4, -0.2) is 90.9 Å². The Morgan fingerprint density at radius 1 is 0.576 bits per heavy atom. The minimum atomic E-state index is -1.18. The van der Waals surface area contributed by atoms with Crippen LogP contribution in [0.1, 0.15) is 320 Å². The molecule has 0 aliphatic heterocycles. The van der Waals surface area contributed by atoms with E-state index >= 15 is 4.79 Å². The van der Waals surface area contributed by atoms with Crippen molar-refractivity contribution < 1.29 is 53.1 Å². The van der Waals surface area contributed by atoms with Crippen LogP contribution < -0.4 is 0 Å². The number of hydrogen-bond acceptors (Lipinski definition) is 11. The number of unbranched alkanes of at least 4 members (excludes halogenated alkanes) is 12. The smallest absolute Gasteiger partial charge is 0.313 e. The van der Waals surface area contributed by atoms with Crippen molar-refractivity contribution in [2.75, 3.05) is 39.6 Å². The van der Waals surface area contributed by atoms with Gasteiger partial charge < -0.3 is 33.9 Å². The first-order valence-corrected chi connectivity index (χ1v) is 34.7. The quantitative estimate of drug-likeness (QED) is 0.0259. The third-order valence-corrected chi connectivity index (χ3v) is 23.9. The number of ketones is 1. The van der Waals surface area contributed by atoms with E-state index in [-0.39, 0.29) is 71.5 Å². The second-order valence-corrected chi connectivity index (χ2v) is 33.3. The molecule has 0 saturated heterocycles. The molecule has 0 spiro atoms. The lowest BCUT2D eigenvalue weighted by atomic mass is 9.49. The second-order valence-electron chi connectivity index (χ2n) is 33.3. The highest BCUT2D eigenvalue weighted by atomic mass is 16.6. The number of aliphatic hydroxyl groups is 2. The van der Waals surface area contributed by atoms with Crippen LogP contribution in [0.4, 0.5) is 0 Å².